The zero-order chi connectivity index (χ0) is 20.8. The van der Waals surface area contributed by atoms with Crippen LogP contribution in [0.15, 0.2) is 54.6 Å². The van der Waals surface area contributed by atoms with Crippen LogP contribution in [0.25, 0.3) is 11.4 Å². The van der Waals surface area contributed by atoms with Gasteiger partial charge < -0.3 is 10.6 Å². The lowest BCUT2D eigenvalue weighted by atomic mass is 10.1. The molecule has 3 N–H and O–H groups in total. The number of amides is 2. The third-order valence-corrected chi connectivity index (χ3v) is 4.89. The van der Waals surface area contributed by atoms with Crippen molar-refractivity contribution in [3.05, 3.63) is 66.0 Å². The third kappa shape index (κ3) is 5.58. The summed E-state index contributed by atoms with van der Waals surface area (Å²) in [6.07, 6.45) is 1.55. The fraction of sp³-hybridized carbons (Fsp3) is 0.200. The van der Waals surface area contributed by atoms with Gasteiger partial charge in [0.2, 0.25) is 0 Å². The predicted molar refractivity (Wildman–Crippen MR) is 111 cm³/mol. The first-order valence-electron chi connectivity index (χ1n) is 8.88. The van der Waals surface area contributed by atoms with Crippen LogP contribution in [-0.2, 0) is 20.4 Å². The topological polar surface area (TPSA) is 117 Å². The number of anilines is 1. The normalized spacial score (nSPS) is 12.8. The minimum Gasteiger partial charge on any atom is -0.340 e. The van der Waals surface area contributed by atoms with E-state index >= 15 is 0 Å². The van der Waals surface area contributed by atoms with Crippen molar-refractivity contribution in [1.82, 2.24) is 20.5 Å². The lowest BCUT2D eigenvalue weighted by molar-refractivity contribution is -0.136. The van der Waals surface area contributed by atoms with Crippen molar-refractivity contribution in [1.29, 1.82) is 0 Å². The van der Waals surface area contributed by atoms with Gasteiger partial charge in [-0.2, -0.15) is 5.10 Å². The lowest BCUT2D eigenvalue weighted by Crippen LogP contribution is -2.39. The molecule has 0 fully saturated rings. The number of hydrogen-bond donors (Lipinski definition) is 3. The van der Waals surface area contributed by atoms with E-state index in [0.29, 0.717) is 22.9 Å². The summed E-state index contributed by atoms with van der Waals surface area (Å²) in [5.41, 5.74) is 1.93. The molecule has 1 aromatic heterocycles. The molecule has 150 valence electrons. The maximum absolute atomic E-state index is 12.4. The maximum atomic E-state index is 12.4. The Balaban J connectivity index is 1.70. The van der Waals surface area contributed by atoms with E-state index in [-0.39, 0.29) is 5.75 Å². The number of rotatable bonds is 6. The van der Waals surface area contributed by atoms with Gasteiger partial charge in [-0.05, 0) is 24.6 Å². The fourth-order valence-electron chi connectivity index (χ4n) is 2.76. The third-order valence-electron chi connectivity index (χ3n) is 4.09. The van der Waals surface area contributed by atoms with Crippen molar-refractivity contribution in [2.24, 2.45) is 0 Å². The Morgan fingerprint density at radius 3 is 2.52 bits per heavy atom. The van der Waals surface area contributed by atoms with Crippen molar-refractivity contribution < 1.29 is 13.8 Å². The largest absolute Gasteiger partial charge is 0.340 e. The molecule has 1 heterocycles. The summed E-state index contributed by atoms with van der Waals surface area (Å²) in [6.45, 7) is 1.79. The van der Waals surface area contributed by atoms with Gasteiger partial charge in [0, 0.05) is 34.1 Å². The monoisotopic (exact) mass is 411 g/mol. The van der Waals surface area contributed by atoms with Crippen molar-refractivity contribution >= 4 is 28.3 Å². The minimum absolute atomic E-state index is 0.211. The molecule has 2 unspecified atom stereocenters. The summed E-state index contributed by atoms with van der Waals surface area (Å²) in [4.78, 5) is 29.0. The van der Waals surface area contributed by atoms with Crippen LogP contribution < -0.4 is 10.6 Å². The van der Waals surface area contributed by atoms with Gasteiger partial charge >= 0.3 is 11.8 Å². The second kappa shape index (κ2) is 9.24. The Hall–Kier alpha value is -3.33. The van der Waals surface area contributed by atoms with Gasteiger partial charge in [0.1, 0.15) is 5.82 Å². The number of carbonyl (C=O) groups is 2. The van der Waals surface area contributed by atoms with Gasteiger partial charge in [0.25, 0.3) is 0 Å². The molecule has 0 aliphatic rings. The van der Waals surface area contributed by atoms with Gasteiger partial charge in [-0.3, -0.25) is 18.9 Å². The van der Waals surface area contributed by atoms with E-state index in [2.05, 4.69) is 25.8 Å². The molecular formula is C20H21N5O3S. The Morgan fingerprint density at radius 2 is 1.86 bits per heavy atom. The summed E-state index contributed by atoms with van der Waals surface area (Å²) in [5.74, 6) is -0.228. The highest BCUT2D eigenvalue weighted by molar-refractivity contribution is 7.84. The summed E-state index contributed by atoms with van der Waals surface area (Å²) in [7, 11) is -1.15. The maximum Gasteiger partial charge on any atom is 0.313 e. The molecule has 29 heavy (non-hydrogen) atoms. The molecule has 0 aliphatic heterocycles. The Bertz CT molecular complexity index is 1040. The van der Waals surface area contributed by atoms with Crippen molar-refractivity contribution in [3.63, 3.8) is 0 Å². The van der Waals surface area contributed by atoms with Crippen LogP contribution in [0, 0.1) is 6.92 Å². The molecule has 0 spiro atoms. The molecular weight excluding hydrogens is 390 g/mol. The van der Waals surface area contributed by atoms with Gasteiger partial charge in [-0.1, -0.05) is 42.5 Å². The molecule has 2 atom stereocenters. The standard InChI is InChI=1S/C20H21N5O3S/c1-13-21-18(25-24-13)15-9-6-10-16(11-15)22-19(26)20(27)23-17(12-29(2)28)14-7-4-3-5-8-14/h3-11,17H,12H2,1-2H3,(H,22,26)(H,23,27)(H,21,24,25). The second-order valence-corrected chi connectivity index (χ2v) is 7.94. The SMILES string of the molecule is Cc1nc(-c2cccc(NC(=O)C(=O)NC(CS(C)=O)c3ccccc3)c2)n[nH]1. The zero-order valence-electron chi connectivity index (χ0n) is 16.0. The van der Waals surface area contributed by atoms with Crippen LogP contribution in [0.3, 0.4) is 0 Å². The van der Waals surface area contributed by atoms with E-state index in [0.717, 1.165) is 5.56 Å². The molecule has 0 saturated carbocycles. The van der Waals surface area contributed by atoms with Crippen molar-refractivity contribution in [2.75, 3.05) is 17.3 Å². The number of hydrogen-bond acceptors (Lipinski definition) is 5. The van der Waals surface area contributed by atoms with E-state index in [1.807, 2.05) is 30.3 Å². The smallest absolute Gasteiger partial charge is 0.313 e. The highest BCUT2D eigenvalue weighted by Gasteiger charge is 2.21. The predicted octanol–water partition coefficient (Wildman–Crippen LogP) is 1.95. The quantitative estimate of drug-likeness (QED) is 0.536. The van der Waals surface area contributed by atoms with Crippen LogP contribution in [0.4, 0.5) is 5.69 Å². The fourth-order valence-corrected chi connectivity index (χ4v) is 3.51. The highest BCUT2D eigenvalue weighted by Crippen LogP contribution is 2.19. The second-order valence-electron chi connectivity index (χ2n) is 6.46. The van der Waals surface area contributed by atoms with Crippen LogP contribution >= 0.6 is 0 Å². The number of nitrogens with one attached hydrogen (secondary N) is 3. The molecule has 2 aromatic carbocycles. The number of aromatic amines is 1. The van der Waals surface area contributed by atoms with Gasteiger partial charge in [0.15, 0.2) is 5.82 Å². The average molecular weight is 411 g/mol. The number of H-pyrrole nitrogens is 1. The van der Waals surface area contributed by atoms with Gasteiger partial charge in [0.05, 0.1) is 6.04 Å². The van der Waals surface area contributed by atoms with E-state index in [4.69, 9.17) is 0 Å². The number of nitrogens with zero attached hydrogens (tertiary/aromatic N) is 2. The van der Waals surface area contributed by atoms with E-state index in [1.54, 1.807) is 37.4 Å². The summed E-state index contributed by atoms with van der Waals surface area (Å²) in [5, 5.41) is 12.1. The molecule has 8 nitrogen and oxygen atoms in total. The average Bonchev–Trinajstić information content (AvgIpc) is 3.14. The minimum atomic E-state index is -1.15. The van der Waals surface area contributed by atoms with Crippen LogP contribution in [0.2, 0.25) is 0 Å². The number of aromatic nitrogens is 3. The molecule has 0 radical (unpaired) electrons. The van der Waals surface area contributed by atoms with Gasteiger partial charge in [-0.25, -0.2) is 4.98 Å². The Morgan fingerprint density at radius 1 is 1.10 bits per heavy atom. The highest BCUT2D eigenvalue weighted by atomic mass is 32.2. The molecule has 0 aliphatic carbocycles. The summed E-state index contributed by atoms with van der Waals surface area (Å²) < 4.78 is 11.7. The van der Waals surface area contributed by atoms with Crippen LogP contribution in [0.5, 0.6) is 0 Å². The van der Waals surface area contributed by atoms with Gasteiger partial charge in [-0.15, -0.1) is 0 Å². The first-order valence-corrected chi connectivity index (χ1v) is 10.6. The first-order chi connectivity index (χ1) is 13.9. The molecule has 3 rings (SSSR count). The molecule has 9 heteroatoms. The number of aryl methyl sites for hydroxylation is 1. The Kier molecular flexibility index (Phi) is 6.50. The van der Waals surface area contributed by atoms with Crippen molar-refractivity contribution in [3.8, 4) is 11.4 Å². The summed E-state index contributed by atoms with van der Waals surface area (Å²) >= 11 is 0. The van der Waals surface area contributed by atoms with E-state index in [1.165, 1.54) is 0 Å². The van der Waals surface area contributed by atoms with E-state index in [9.17, 15) is 13.8 Å². The molecule has 0 bridgehead atoms. The van der Waals surface area contributed by atoms with E-state index < -0.39 is 28.7 Å². The Labute approximate surface area is 170 Å². The molecule has 2 amide bonds. The van der Waals surface area contributed by atoms with Crippen molar-refractivity contribution in [2.45, 2.75) is 13.0 Å². The number of carbonyl (C=O) groups excluding carboxylic acids is 2. The van der Waals surface area contributed by atoms with Crippen LogP contribution in [0.1, 0.15) is 17.4 Å². The molecule has 0 saturated heterocycles. The van der Waals surface area contributed by atoms with Crippen LogP contribution in [-0.4, -0.2) is 43.2 Å². The molecule has 3 aromatic rings. The first kappa shape index (κ1) is 20.4. The summed E-state index contributed by atoms with van der Waals surface area (Å²) in [6, 6.07) is 15.5. The number of benzene rings is 2. The zero-order valence-corrected chi connectivity index (χ0v) is 16.8. The lowest BCUT2D eigenvalue weighted by Gasteiger charge is -2.18.